The minimum atomic E-state index is -0.575. The smallest absolute Gasteiger partial charge is 0.713 e. The van der Waals surface area contributed by atoms with Crippen molar-refractivity contribution in [2.45, 2.75) is 374 Å². The van der Waals surface area contributed by atoms with Gasteiger partial charge in [-0.15, -0.1) is 25.5 Å². The van der Waals surface area contributed by atoms with Gasteiger partial charge in [-0.1, -0.05) is 319 Å². The van der Waals surface area contributed by atoms with Crippen molar-refractivity contribution in [3.05, 3.63) is 49.1 Å². The van der Waals surface area contributed by atoms with Gasteiger partial charge < -0.3 is 18.9 Å². The molecule has 1 heterocycles. The fourth-order valence-corrected chi connectivity index (χ4v) is 11.9. The van der Waals surface area contributed by atoms with Crippen LogP contribution in [0, 0.1) is 13.0 Å². The van der Waals surface area contributed by atoms with Gasteiger partial charge in [-0.25, -0.2) is 0 Å². The average Bonchev–Trinajstić information content (AvgIpc) is 2.50. The van der Waals surface area contributed by atoms with E-state index in [-0.39, 0.29) is 207 Å². The predicted molar refractivity (Wildman–Crippen MR) is 411 cm³/mol. The first-order chi connectivity index (χ1) is 41.6. The molecule has 5 nitrogen and oxygen atoms in total. The molecule has 1 aromatic rings. The number of para-hydroxylation sites is 1. The molecule has 0 saturated carbocycles. The summed E-state index contributed by atoms with van der Waals surface area (Å²) in [4.78, 5) is 0. The molecule has 0 amide bonds. The van der Waals surface area contributed by atoms with Gasteiger partial charge in [-0.2, -0.15) is 4.74 Å². The topological polar surface area (TPSA) is 46.2 Å². The van der Waals surface area contributed by atoms with Gasteiger partial charge in [0.15, 0.2) is 6.35 Å². The largest absolute Gasteiger partial charge is 1.00 e. The van der Waals surface area contributed by atoms with Crippen molar-refractivity contribution in [1.82, 2.24) is 0 Å². The van der Waals surface area contributed by atoms with Crippen LogP contribution in [0.5, 0.6) is 5.75 Å². The Hall–Kier alpha value is 5.92. The zero-order valence-corrected chi connectivity index (χ0v) is 84.0. The van der Waals surface area contributed by atoms with Gasteiger partial charge in [-0.3, -0.25) is 0 Å². The van der Waals surface area contributed by atoms with E-state index in [4.69, 9.17) is 23.6 Å². The Bertz CT molecular complexity index is 1370. The number of hydrogen-bond acceptors (Lipinski definition) is 5. The molecule has 19 heteroatoms. The minimum Gasteiger partial charge on any atom is -0.713 e. The molecule has 1 aliphatic rings. The van der Waals surface area contributed by atoms with Gasteiger partial charge in [0.1, 0.15) is 40.3 Å². The van der Waals surface area contributed by atoms with E-state index in [2.05, 4.69) is 176 Å². The van der Waals surface area contributed by atoms with E-state index < -0.39 is 6.35 Å². The number of unbranched alkanes of at least 4 members (excludes halogenated alkanes) is 8. The second-order valence-electron chi connectivity index (χ2n) is 26.1. The van der Waals surface area contributed by atoms with Crippen LogP contribution in [0.3, 0.4) is 0 Å². The Morgan fingerprint density at radius 1 is 0.430 bits per heavy atom. The van der Waals surface area contributed by atoms with E-state index in [1.165, 1.54) is 228 Å². The van der Waals surface area contributed by atoms with Crippen molar-refractivity contribution < 1.29 is 231 Å². The van der Waals surface area contributed by atoms with E-state index in [0.717, 1.165) is 117 Å². The van der Waals surface area contributed by atoms with Gasteiger partial charge in [0, 0.05) is 39.6 Å². The summed E-state index contributed by atoms with van der Waals surface area (Å²) in [5.74, 6) is 1.95. The van der Waals surface area contributed by atoms with Crippen LogP contribution >= 0.6 is 0 Å². The zero-order chi connectivity index (χ0) is 65.8. The summed E-state index contributed by atoms with van der Waals surface area (Å²) < 4.78 is 26.7. The summed E-state index contributed by atoms with van der Waals surface area (Å²) in [7, 11) is 3.34. The summed E-state index contributed by atoms with van der Waals surface area (Å²) >= 11 is 0. The third kappa shape index (κ3) is 88.5. The molecule has 1 aliphatic heterocycles. The van der Waals surface area contributed by atoms with Crippen LogP contribution in [0.15, 0.2) is 36.4 Å². The zero-order valence-electron chi connectivity index (χ0n) is 70.0. The first kappa shape index (κ1) is 126. The third-order valence-corrected chi connectivity index (χ3v) is 19.3. The Morgan fingerprint density at radius 3 is 1.00 bits per heavy atom. The van der Waals surface area contributed by atoms with E-state index in [0.29, 0.717) is 0 Å². The molecule has 1 unspecified atom stereocenters. The number of fused-ring (bicyclic) bond motifs is 1. The first-order valence-electron chi connectivity index (χ1n) is 38.3. The number of ether oxygens (including phenoxy) is 4. The van der Waals surface area contributed by atoms with Crippen LogP contribution in [0.4, 0.5) is 0 Å². The van der Waals surface area contributed by atoms with Gasteiger partial charge in [0.05, 0.1) is 12.4 Å². The van der Waals surface area contributed by atoms with Crippen molar-refractivity contribution in [2.75, 3.05) is 46.2 Å². The van der Waals surface area contributed by atoms with Gasteiger partial charge in [-0.05, 0) is 77.3 Å². The Morgan fingerprint density at radius 2 is 0.720 bits per heavy atom. The molecule has 2 rings (SSSR count). The average molecular weight is 1360 g/mol. The summed E-state index contributed by atoms with van der Waals surface area (Å²) in [6, 6.07) is 8.42. The molecule has 0 bridgehead atoms. The van der Waals surface area contributed by atoms with Crippen molar-refractivity contribution in [3.63, 3.8) is 0 Å². The van der Waals surface area contributed by atoms with Crippen LogP contribution < -0.4 is 212 Å². The van der Waals surface area contributed by atoms with E-state index in [9.17, 15) is 0 Å². The molecular weight excluding hydrogens is 1210 g/mol. The normalized spacial score (nSPS) is 10.9. The van der Waals surface area contributed by atoms with Crippen LogP contribution in [0.2, 0.25) is 126 Å². The standard InChI is InChI=1S/C13H27B.C11H16BO.C11H25BO.2C10H23BO.C10H23B.C9H20BO.7Na/c1-6-14(7-2)10-8-9-13(5)11-12(3)4;1-3-12(4-2)9-10-7-5-6-8-11(10)13-12;1-4-12(5-2)10-8-7-9-11-13-6-3;2*1-4-11(5-2)9-7-8-10-12-6-3;1-4-7-8-9-10-11(5-2)6-3;1-4-10(5-2)8-6-7-9-11-3;;;;;;;/h13H,3,6-11H2,1-2,4-5H3;5-8H,3-4,9H2,1-2H3;4-11H2,1-3H3;2*4-10H2,1-3H3;4-10H2,1-3H3;3-9H2,1-2H3;;;;;;;/q;-1;;;;;8*+1. The Labute approximate surface area is 747 Å². The summed E-state index contributed by atoms with van der Waals surface area (Å²) in [6.07, 6.45) is 48.8. The maximum atomic E-state index is 6.06. The molecule has 0 fully saturated rings. The number of allylic oxidation sites excluding steroid dienone is 1. The number of benzene rings is 1. The summed E-state index contributed by atoms with van der Waals surface area (Å²) in [5, 5.41) is 0. The molecule has 0 aliphatic carbocycles. The van der Waals surface area contributed by atoms with Crippen LogP contribution in [-0.4, -0.2) is 92.9 Å². The number of rotatable bonds is 49. The van der Waals surface area contributed by atoms with Crippen molar-refractivity contribution in [2.24, 2.45) is 5.92 Å². The molecule has 0 saturated heterocycles. The molecule has 1 aromatic carbocycles. The molecule has 0 N–H and O–H groups in total. The molecule has 93 heavy (non-hydrogen) atoms. The predicted octanol–water partition coefficient (Wildman–Crippen LogP) is 4.69. The van der Waals surface area contributed by atoms with E-state index in [1.54, 1.807) is 0 Å². The van der Waals surface area contributed by atoms with Crippen molar-refractivity contribution >= 4 is 46.6 Å². The fraction of sp³-hybridized carbons (Fsp3) is 0.878. The quantitative estimate of drug-likeness (QED) is 0.0411. The van der Waals surface area contributed by atoms with E-state index in [1.807, 2.05) is 0 Å². The molecule has 1 atom stereocenters. The van der Waals surface area contributed by atoms with Crippen LogP contribution in [-0.2, 0) is 25.3 Å². The Balaban J connectivity index is -0.0000000814. The van der Waals surface area contributed by atoms with Gasteiger partial charge in [0.25, 0.3) is 0 Å². The molecule has 0 radical (unpaired) electrons. The minimum absolute atomic E-state index is 0. The SMILES string of the molecule is C=C(C)CC(C)CCCB(CC)CC.CCCCCCB(CC)CC.CCOCCCCB(CC)CC.CCOCCCCB(CC)CC.CCOCCCCCB(CC)CC.CC[B-]1(CC)Cc2ccccc2O1.[CH2+]OCCCCB(CC)CC.[Na+].[Na+].[Na+].[Na+].[Na+].[Na+].[Na+]. The van der Waals surface area contributed by atoms with Crippen LogP contribution in [0.1, 0.15) is 247 Å². The second-order valence-corrected chi connectivity index (χ2v) is 26.1. The van der Waals surface area contributed by atoms with E-state index >= 15 is 0 Å². The molecular formula is C74H157B7Na7O5+7. The molecule has 504 valence electrons. The maximum Gasteiger partial charge on any atom is 1.00 e. The third-order valence-electron chi connectivity index (χ3n) is 19.3. The van der Waals surface area contributed by atoms with Crippen molar-refractivity contribution in [1.29, 1.82) is 0 Å². The molecule has 0 spiro atoms. The van der Waals surface area contributed by atoms with Gasteiger partial charge in [0.2, 0.25) is 7.11 Å². The maximum absolute atomic E-state index is 6.06. The fourth-order valence-electron chi connectivity index (χ4n) is 11.9. The Kier molecular flexibility index (Phi) is 138. The first-order valence-corrected chi connectivity index (χ1v) is 38.3. The van der Waals surface area contributed by atoms with Crippen LogP contribution in [0.25, 0.3) is 0 Å². The summed E-state index contributed by atoms with van der Waals surface area (Å²) in [5.41, 5.74) is 2.73. The second kappa shape index (κ2) is 102. The van der Waals surface area contributed by atoms with Gasteiger partial charge >= 0.3 is 207 Å². The number of hydrogen-bond donors (Lipinski definition) is 0. The van der Waals surface area contributed by atoms with Crippen molar-refractivity contribution in [3.8, 4) is 5.75 Å². The summed E-state index contributed by atoms with van der Waals surface area (Å²) in [6.45, 7) is 61.0. The monoisotopic (exact) mass is 1360 g/mol. The molecule has 0 aromatic heterocycles.